The number of nitrogens with zero attached hydrogens (tertiary/aromatic N) is 1. The molecule has 2 atom stereocenters. The maximum atomic E-state index is 6.58. The molecule has 2 fully saturated rings. The average molecular weight is 242 g/mol. The summed E-state index contributed by atoms with van der Waals surface area (Å²) >= 11 is 2.10. The van der Waals surface area contributed by atoms with Crippen molar-refractivity contribution in [1.82, 2.24) is 4.90 Å². The lowest BCUT2D eigenvalue weighted by atomic mass is 9.77. The van der Waals surface area contributed by atoms with E-state index in [0.717, 1.165) is 12.5 Å². The van der Waals surface area contributed by atoms with E-state index in [1.165, 1.54) is 56.7 Å². The second kappa shape index (κ2) is 5.74. The summed E-state index contributed by atoms with van der Waals surface area (Å²) in [6, 6.07) is 0. The Bertz CT molecular complexity index is 214. The first-order valence-corrected chi connectivity index (χ1v) is 7.92. The fraction of sp³-hybridized carbons (Fsp3) is 1.00. The van der Waals surface area contributed by atoms with Crippen LogP contribution in [0.5, 0.6) is 0 Å². The molecule has 0 bridgehead atoms. The molecule has 0 aromatic rings. The molecule has 0 amide bonds. The van der Waals surface area contributed by atoms with Crippen molar-refractivity contribution in [3.05, 3.63) is 0 Å². The van der Waals surface area contributed by atoms with Gasteiger partial charge in [0.05, 0.1) is 0 Å². The Kier molecular flexibility index (Phi) is 4.57. The zero-order valence-corrected chi connectivity index (χ0v) is 11.4. The van der Waals surface area contributed by atoms with Crippen LogP contribution >= 0.6 is 11.8 Å². The Hall–Kier alpha value is 0.270. The molecular weight excluding hydrogens is 216 g/mol. The van der Waals surface area contributed by atoms with Crippen LogP contribution in [0.4, 0.5) is 0 Å². The van der Waals surface area contributed by atoms with Gasteiger partial charge < -0.3 is 10.6 Å². The van der Waals surface area contributed by atoms with Gasteiger partial charge in [-0.1, -0.05) is 19.8 Å². The summed E-state index contributed by atoms with van der Waals surface area (Å²) in [5.41, 5.74) is 6.70. The predicted molar refractivity (Wildman–Crippen MR) is 72.9 cm³/mol. The zero-order valence-electron chi connectivity index (χ0n) is 10.6. The summed E-state index contributed by atoms with van der Waals surface area (Å²) < 4.78 is 0. The Morgan fingerprint density at radius 2 is 2.19 bits per heavy atom. The van der Waals surface area contributed by atoms with Crippen molar-refractivity contribution in [2.75, 3.05) is 31.1 Å². The Labute approximate surface area is 104 Å². The number of thioether (sulfide) groups is 1. The highest BCUT2D eigenvalue weighted by Gasteiger charge is 2.32. The van der Waals surface area contributed by atoms with Crippen LogP contribution in [0.25, 0.3) is 0 Å². The van der Waals surface area contributed by atoms with E-state index in [9.17, 15) is 0 Å². The molecule has 1 aliphatic carbocycles. The Morgan fingerprint density at radius 1 is 1.31 bits per heavy atom. The van der Waals surface area contributed by atoms with Crippen LogP contribution in [-0.2, 0) is 0 Å². The molecule has 2 rings (SSSR count). The maximum absolute atomic E-state index is 6.58. The van der Waals surface area contributed by atoms with Crippen molar-refractivity contribution in [3.8, 4) is 0 Å². The summed E-state index contributed by atoms with van der Waals surface area (Å²) in [6.45, 7) is 6.01. The van der Waals surface area contributed by atoms with Gasteiger partial charge in [-0.15, -0.1) is 0 Å². The van der Waals surface area contributed by atoms with E-state index in [0.29, 0.717) is 0 Å². The molecule has 0 spiro atoms. The van der Waals surface area contributed by atoms with Gasteiger partial charge in [0.2, 0.25) is 0 Å². The second-order valence-electron chi connectivity index (χ2n) is 5.81. The normalized spacial score (nSPS) is 38.2. The van der Waals surface area contributed by atoms with Crippen molar-refractivity contribution in [2.45, 2.75) is 44.6 Å². The van der Waals surface area contributed by atoms with Gasteiger partial charge in [0.15, 0.2) is 0 Å². The minimum Gasteiger partial charge on any atom is -0.324 e. The number of hydrogen-bond donors (Lipinski definition) is 1. The molecule has 16 heavy (non-hydrogen) atoms. The van der Waals surface area contributed by atoms with Crippen molar-refractivity contribution in [1.29, 1.82) is 0 Å². The van der Waals surface area contributed by atoms with Crippen LogP contribution in [0.15, 0.2) is 0 Å². The smallest absolute Gasteiger partial charge is 0.0285 e. The molecule has 3 heteroatoms. The first kappa shape index (κ1) is 12.7. The van der Waals surface area contributed by atoms with Crippen molar-refractivity contribution in [2.24, 2.45) is 11.7 Å². The largest absolute Gasteiger partial charge is 0.324 e. The lowest BCUT2D eigenvalue weighted by molar-refractivity contribution is 0.156. The SMILES string of the molecule is CC1CCCC(N)(CN2CCCSCC2)C1. The van der Waals surface area contributed by atoms with E-state index in [1.807, 2.05) is 0 Å². The van der Waals surface area contributed by atoms with Crippen LogP contribution in [0.1, 0.15) is 39.0 Å². The molecule has 2 unspecified atom stereocenters. The molecule has 2 N–H and O–H groups in total. The second-order valence-corrected chi connectivity index (χ2v) is 7.03. The minimum absolute atomic E-state index is 0.118. The third kappa shape index (κ3) is 3.64. The third-order valence-corrected chi connectivity index (χ3v) is 5.03. The molecule has 1 saturated carbocycles. The third-order valence-electron chi connectivity index (χ3n) is 3.98. The molecule has 0 aromatic heterocycles. The highest BCUT2D eigenvalue weighted by Crippen LogP contribution is 2.31. The topological polar surface area (TPSA) is 29.3 Å². The van der Waals surface area contributed by atoms with E-state index in [4.69, 9.17) is 5.73 Å². The number of rotatable bonds is 2. The summed E-state index contributed by atoms with van der Waals surface area (Å²) in [6.07, 6.45) is 6.53. The monoisotopic (exact) mass is 242 g/mol. The van der Waals surface area contributed by atoms with Crippen LogP contribution in [0.2, 0.25) is 0 Å². The van der Waals surface area contributed by atoms with E-state index in [-0.39, 0.29) is 5.54 Å². The Morgan fingerprint density at radius 3 is 3.00 bits per heavy atom. The lowest BCUT2D eigenvalue weighted by Crippen LogP contribution is -2.53. The molecule has 0 aromatic carbocycles. The van der Waals surface area contributed by atoms with Gasteiger partial charge in [0.25, 0.3) is 0 Å². The zero-order chi connectivity index (χ0) is 11.4. The first-order valence-electron chi connectivity index (χ1n) is 6.77. The van der Waals surface area contributed by atoms with Crippen LogP contribution in [0.3, 0.4) is 0 Å². The summed E-state index contributed by atoms with van der Waals surface area (Å²) in [7, 11) is 0. The van der Waals surface area contributed by atoms with Gasteiger partial charge in [0.1, 0.15) is 0 Å². The van der Waals surface area contributed by atoms with Gasteiger partial charge in [-0.3, -0.25) is 0 Å². The molecule has 94 valence electrons. The Balaban J connectivity index is 1.86. The van der Waals surface area contributed by atoms with Crippen LogP contribution < -0.4 is 5.73 Å². The number of hydrogen-bond acceptors (Lipinski definition) is 3. The molecule has 2 nitrogen and oxygen atoms in total. The molecule has 1 aliphatic heterocycles. The number of nitrogens with two attached hydrogens (primary N) is 1. The first-order chi connectivity index (χ1) is 7.68. The van der Waals surface area contributed by atoms with Gasteiger partial charge in [-0.05, 0) is 37.5 Å². The summed E-state index contributed by atoms with van der Waals surface area (Å²) in [4.78, 5) is 2.61. The van der Waals surface area contributed by atoms with Crippen molar-refractivity contribution >= 4 is 11.8 Å². The van der Waals surface area contributed by atoms with Gasteiger partial charge in [-0.25, -0.2) is 0 Å². The van der Waals surface area contributed by atoms with E-state index < -0.39 is 0 Å². The average Bonchev–Trinajstić information content (AvgIpc) is 2.45. The van der Waals surface area contributed by atoms with Gasteiger partial charge in [0, 0.05) is 24.4 Å². The van der Waals surface area contributed by atoms with Gasteiger partial charge in [-0.2, -0.15) is 11.8 Å². The minimum atomic E-state index is 0.118. The quantitative estimate of drug-likeness (QED) is 0.806. The van der Waals surface area contributed by atoms with E-state index in [2.05, 4.69) is 23.6 Å². The highest BCUT2D eigenvalue weighted by molar-refractivity contribution is 7.99. The highest BCUT2D eigenvalue weighted by atomic mass is 32.2. The predicted octanol–water partition coefficient (Wildman–Crippen LogP) is 2.33. The van der Waals surface area contributed by atoms with Crippen LogP contribution in [0, 0.1) is 5.92 Å². The van der Waals surface area contributed by atoms with Crippen molar-refractivity contribution < 1.29 is 0 Å². The summed E-state index contributed by atoms with van der Waals surface area (Å²) in [5.74, 6) is 3.47. The summed E-state index contributed by atoms with van der Waals surface area (Å²) in [5, 5.41) is 0. The van der Waals surface area contributed by atoms with Crippen molar-refractivity contribution in [3.63, 3.8) is 0 Å². The fourth-order valence-electron chi connectivity index (χ4n) is 3.25. The fourth-order valence-corrected chi connectivity index (χ4v) is 4.17. The maximum Gasteiger partial charge on any atom is 0.0285 e. The molecule has 0 radical (unpaired) electrons. The lowest BCUT2D eigenvalue weighted by Gasteiger charge is -2.40. The van der Waals surface area contributed by atoms with E-state index in [1.54, 1.807) is 0 Å². The van der Waals surface area contributed by atoms with Crippen LogP contribution in [-0.4, -0.2) is 41.6 Å². The molecule has 1 saturated heterocycles. The molecule has 2 aliphatic rings. The van der Waals surface area contributed by atoms with Gasteiger partial charge >= 0.3 is 0 Å². The van der Waals surface area contributed by atoms with E-state index >= 15 is 0 Å². The standard InChI is InChI=1S/C13H26N2S/c1-12-4-2-5-13(14,10-12)11-15-6-3-8-16-9-7-15/h12H,2-11,14H2,1H3. The molecular formula is C13H26N2S. The molecule has 1 heterocycles.